The van der Waals surface area contributed by atoms with Crippen molar-refractivity contribution in [3.05, 3.63) is 0 Å². The summed E-state index contributed by atoms with van der Waals surface area (Å²) in [6.07, 6.45) is 2.73. The van der Waals surface area contributed by atoms with Crippen LogP contribution in [0.25, 0.3) is 0 Å². The lowest BCUT2D eigenvalue weighted by Gasteiger charge is -2.02. The molecule has 0 saturated heterocycles. The Morgan fingerprint density at radius 1 is 0.591 bits per heavy atom. The van der Waals surface area contributed by atoms with Gasteiger partial charge in [-0.2, -0.15) is 0 Å². The van der Waals surface area contributed by atoms with Gasteiger partial charge in [0.1, 0.15) is 35.9 Å². The number of carbonyl (C=O) groups excluding carboxylic acids is 2. The molecule has 0 aliphatic carbocycles. The fraction of sp³-hybridized carbons (Fsp3) is 0.750. The van der Waals surface area contributed by atoms with Crippen LogP contribution >= 0.6 is 0 Å². The number of carbonyl (C=O) groups is 2. The van der Waals surface area contributed by atoms with Gasteiger partial charge in [-0.15, -0.1) is 0 Å². The second kappa shape index (κ2) is 13.0. The van der Waals surface area contributed by atoms with Gasteiger partial charge in [-0.1, -0.05) is 12.8 Å². The highest BCUT2D eigenvalue weighted by molar-refractivity contribution is 5.64. The topological polar surface area (TPSA) is 80.3 Å². The zero-order valence-electron chi connectivity index (χ0n) is 10.8. The zero-order valence-corrected chi connectivity index (χ0v) is 10.8. The number of halogens is 8. The van der Waals surface area contributed by atoms with Crippen LogP contribution in [0.4, 0.5) is 35.9 Å². The van der Waals surface area contributed by atoms with Crippen LogP contribution in [0.2, 0.25) is 0 Å². The predicted octanol–water partition coefficient (Wildman–Crippen LogP) is 1.51. The SMILES string of the molecule is F[N+](F)(F)F.F[N+](F)(F)F.O=C([O-])CCCCCCC(=O)[O-]. The molecule has 0 aromatic rings. The molecule has 0 amide bonds. The van der Waals surface area contributed by atoms with Gasteiger partial charge in [0.2, 0.25) is 0 Å². The fourth-order valence-corrected chi connectivity index (χ4v) is 0.892. The molecule has 0 N–H and O–H groups in total. The van der Waals surface area contributed by atoms with Crippen LogP contribution in [-0.2, 0) is 9.59 Å². The van der Waals surface area contributed by atoms with Gasteiger partial charge in [-0.05, 0) is 25.7 Å². The van der Waals surface area contributed by atoms with Crippen molar-refractivity contribution in [3.8, 4) is 0 Å². The van der Waals surface area contributed by atoms with Gasteiger partial charge in [0.25, 0.3) is 0 Å². The summed E-state index contributed by atoms with van der Waals surface area (Å²) in [6.45, 7) is 0. The van der Waals surface area contributed by atoms with Crippen LogP contribution in [0.5, 0.6) is 0 Å². The van der Waals surface area contributed by atoms with E-state index < -0.39 is 22.7 Å². The summed E-state index contributed by atoms with van der Waals surface area (Å²) in [5.74, 6) is -2.09. The van der Waals surface area contributed by atoms with E-state index in [4.69, 9.17) is 0 Å². The van der Waals surface area contributed by atoms with Crippen molar-refractivity contribution in [3.63, 3.8) is 0 Å². The van der Waals surface area contributed by atoms with E-state index in [0.29, 0.717) is 12.8 Å². The van der Waals surface area contributed by atoms with Crippen LogP contribution in [0.1, 0.15) is 38.5 Å². The highest BCUT2D eigenvalue weighted by Crippen LogP contribution is 2.08. The van der Waals surface area contributed by atoms with E-state index in [0.717, 1.165) is 12.8 Å². The van der Waals surface area contributed by atoms with Crippen molar-refractivity contribution < 1.29 is 66.4 Å². The largest absolute Gasteiger partial charge is 0.550 e. The minimum absolute atomic E-state index is 0.0608. The quantitative estimate of drug-likeness (QED) is 0.395. The number of carboxylic acids is 2. The molecule has 0 rings (SSSR count). The van der Waals surface area contributed by atoms with E-state index >= 15 is 0 Å². The van der Waals surface area contributed by atoms with Gasteiger partial charge < -0.3 is 19.8 Å². The van der Waals surface area contributed by atoms with E-state index in [-0.39, 0.29) is 12.8 Å². The maximum absolute atomic E-state index is 9.92. The number of rotatable bonds is 7. The molecular weight excluding hydrogens is 340 g/mol. The molecule has 0 bridgehead atoms. The molecule has 0 radical (unpaired) electrons. The number of unbranched alkanes of at least 4 members (excludes halogenated alkanes) is 3. The summed E-state index contributed by atoms with van der Waals surface area (Å²) in [7, 11) is 0. The molecule has 0 saturated carbocycles. The molecule has 0 unspecified atom stereocenters. The van der Waals surface area contributed by atoms with Gasteiger partial charge in [-0.25, -0.2) is 0 Å². The van der Waals surface area contributed by atoms with Crippen LogP contribution in [0.3, 0.4) is 0 Å². The van der Waals surface area contributed by atoms with Gasteiger partial charge >= 0.3 is 10.7 Å². The minimum Gasteiger partial charge on any atom is -0.550 e. The Labute approximate surface area is 118 Å². The first-order valence-corrected chi connectivity index (χ1v) is 5.38. The highest BCUT2D eigenvalue weighted by Gasteiger charge is 2.30. The predicted molar refractivity (Wildman–Crippen MR) is 47.1 cm³/mol. The number of aliphatic carboxylic acids is 2. The standard InChI is InChI=1S/C8H14O4.2F4N/c9-7(10)5-3-1-2-4-6-8(11)12;2*1-5(2,3)4/h1-6H2,(H,9,10)(H,11,12);;/q;2*+1/p-2. The van der Waals surface area contributed by atoms with Gasteiger partial charge in [-0.3, -0.25) is 0 Å². The average Bonchev–Trinajstić information content (AvgIpc) is 2.17. The van der Waals surface area contributed by atoms with Gasteiger partial charge in [0.05, 0.1) is 0 Å². The fourth-order valence-electron chi connectivity index (χ4n) is 0.892. The van der Waals surface area contributed by atoms with Crippen molar-refractivity contribution >= 4 is 11.9 Å². The third kappa shape index (κ3) is 103. The molecule has 0 aliphatic rings. The highest BCUT2D eigenvalue weighted by atomic mass is 19.7. The molecule has 6 nitrogen and oxygen atoms in total. The van der Waals surface area contributed by atoms with Crippen molar-refractivity contribution in [2.45, 2.75) is 38.5 Å². The number of carboxylic acid groups (broad SMARTS) is 2. The first-order valence-electron chi connectivity index (χ1n) is 5.38. The second-order valence-electron chi connectivity index (χ2n) is 3.42. The van der Waals surface area contributed by atoms with Crippen LogP contribution < -0.4 is 10.2 Å². The Morgan fingerprint density at radius 3 is 0.909 bits per heavy atom. The number of hydrogen-bond acceptors (Lipinski definition) is 4. The van der Waals surface area contributed by atoms with E-state index in [1.165, 1.54) is 0 Å². The molecular formula is C8H12F8N2O4. The second-order valence-corrected chi connectivity index (χ2v) is 3.42. The van der Waals surface area contributed by atoms with E-state index in [1.807, 2.05) is 0 Å². The monoisotopic (exact) mass is 352 g/mol. The Morgan fingerprint density at radius 2 is 0.773 bits per heavy atom. The lowest BCUT2D eigenvalue weighted by atomic mass is 10.1. The van der Waals surface area contributed by atoms with Crippen LogP contribution in [0, 0.1) is 0 Å². The van der Waals surface area contributed by atoms with E-state index in [1.54, 1.807) is 0 Å². The Hall–Kier alpha value is -1.70. The normalized spacial score (nSPS) is 10.7. The zero-order chi connectivity index (χ0) is 18.4. The summed E-state index contributed by atoms with van der Waals surface area (Å²) in [6, 6.07) is 0. The molecule has 134 valence electrons. The minimum atomic E-state index is -5.00. The Balaban J connectivity index is -0.000000298. The van der Waals surface area contributed by atoms with Crippen LogP contribution in [-0.4, -0.2) is 22.7 Å². The number of quaternary nitrogens is 2. The van der Waals surface area contributed by atoms with E-state index in [2.05, 4.69) is 0 Å². The first-order chi connectivity index (χ1) is 9.63. The lowest BCUT2D eigenvalue weighted by molar-refractivity contribution is -1.36. The maximum atomic E-state index is 9.92. The Kier molecular flexibility index (Phi) is 14.9. The smallest absolute Gasteiger partial charge is 0.440 e. The molecule has 0 atom stereocenters. The first kappa shape index (κ1) is 25.3. The molecule has 0 spiro atoms. The lowest BCUT2D eigenvalue weighted by Crippen LogP contribution is -2.22. The summed E-state index contributed by atoms with van der Waals surface area (Å²) in [5, 5.41) is 9.85. The van der Waals surface area contributed by atoms with Crippen molar-refractivity contribution in [1.29, 1.82) is 0 Å². The number of hydrogen-bond donors (Lipinski definition) is 0. The summed E-state index contributed by atoms with van der Waals surface area (Å²) in [5.41, 5.74) is 0. The van der Waals surface area contributed by atoms with Crippen molar-refractivity contribution in [2.24, 2.45) is 0 Å². The van der Waals surface area contributed by atoms with E-state index in [9.17, 15) is 55.7 Å². The van der Waals surface area contributed by atoms with Gasteiger partial charge in [0.15, 0.2) is 0 Å². The molecule has 22 heavy (non-hydrogen) atoms. The summed E-state index contributed by atoms with van der Waals surface area (Å²) >= 11 is 0. The number of nitrogens with zero attached hydrogens (tertiary/aromatic N) is 2. The maximum Gasteiger partial charge on any atom is 0.440 e. The summed E-state index contributed by atoms with van der Waals surface area (Å²) in [4.78, 5) is 19.8. The van der Waals surface area contributed by atoms with Gasteiger partial charge in [0, 0.05) is 11.9 Å². The molecule has 0 aromatic heterocycles. The molecule has 0 heterocycles. The van der Waals surface area contributed by atoms with Crippen molar-refractivity contribution in [2.75, 3.05) is 0 Å². The molecule has 0 fully saturated rings. The molecule has 0 aromatic carbocycles. The van der Waals surface area contributed by atoms with Crippen molar-refractivity contribution in [1.82, 2.24) is 0 Å². The molecule has 0 aliphatic heterocycles. The third-order valence-corrected chi connectivity index (χ3v) is 1.51. The molecule has 14 heteroatoms. The summed E-state index contributed by atoms with van der Waals surface area (Å²) < 4.78 is 77.0. The third-order valence-electron chi connectivity index (χ3n) is 1.51. The Bertz CT molecular complexity index is 266. The average molecular weight is 352 g/mol. The van der Waals surface area contributed by atoms with Crippen LogP contribution in [0.15, 0.2) is 0 Å².